The lowest BCUT2D eigenvalue weighted by Gasteiger charge is -2.20. The van der Waals surface area contributed by atoms with Crippen molar-refractivity contribution in [2.75, 3.05) is 5.32 Å². The molecule has 3 N–H and O–H groups in total. The summed E-state index contributed by atoms with van der Waals surface area (Å²) in [7, 11) is 0. The average Bonchev–Trinajstić information content (AvgIpc) is 3.61. The van der Waals surface area contributed by atoms with Gasteiger partial charge < -0.3 is 10.3 Å². The third-order valence-corrected chi connectivity index (χ3v) is 7.85. The molecule has 5 aromatic heterocycles. The summed E-state index contributed by atoms with van der Waals surface area (Å²) in [6.07, 6.45) is 11.6. The van der Waals surface area contributed by atoms with Gasteiger partial charge in [0.2, 0.25) is 5.91 Å². The number of carbonyl (C=O) groups is 1. The third-order valence-electron chi connectivity index (χ3n) is 7.85. The molecular formula is C32H28FN7O. The molecule has 1 aromatic carbocycles. The molecule has 1 fully saturated rings. The molecule has 204 valence electrons. The van der Waals surface area contributed by atoms with E-state index >= 15 is 0 Å². The fraction of sp³-hybridized carbons (Fsp3) is 0.219. The topological polar surface area (TPSA) is 112 Å². The van der Waals surface area contributed by atoms with Gasteiger partial charge in [-0.15, -0.1) is 0 Å². The lowest BCUT2D eigenvalue weighted by molar-refractivity contribution is -0.117. The highest BCUT2D eigenvalue weighted by atomic mass is 19.1. The molecule has 0 radical (unpaired) electrons. The SMILES string of the molecule is O=C(CC1CCCCC1)Nc1cncc(-c2ccc3[nH]nc(-c4cc5c(-c6cccc(F)c6)ccnc5[nH]4)c3n2)c1. The second-order valence-corrected chi connectivity index (χ2v) is 10.7. The monoisotopic (exact) mass is 545 g/mol. The molecule has 8 nitrogen and oxygen atoms in total. The van der Waals surface area contributed by atoms with Crippen LogP contribution in [-0.4, -0.2) is 36.0 Å². The Morgan fingerprint density at radius 3 is 2.78 bits per heavy atom. The smallest absolute Gasteiger partial charge is 0.224 e. The van der Waals surface area contributed by atoms with Crippen LogP contribution >= 0.6 is 0 Å². The van der Waals surface area contributed by atoms with E-state index in [0.29, 0.717) is 40.6 Å². The fourth-order valence-electron chi connectivity index (χ4n) is 5.82. The number of carbonyl (C=O) groups excluding carboxylic acids is 1. The van der Waals surface area contributed by atoms with Gasteiger partial charge in [-0.3, -0.25) is 14.9 Å². The molecule has 0 saturated heterocycles. The maximum absolute atomic E-state index is 13.9. The minimum absolute atomic E-state index is 0.0291. The van der Waals surface area contributed by atoms with Crippen molar-refractivity contribution in [2.24, 2.45) is 5.92 Å². The van der Waals surface area contributed by atoms with Crippen molar-refractivity contribution in [3.8, 4) is 33.8 Å². The minimum atomic E-state index is -0.291. The van der Waals surface area contributed by atoms with Crippen LogP contribution in [0.5, 0.6) is 0 Å². The number of nitrogens with zero attached hydrogens (tertiary/aromatic N) is 4. The highest BCUT2D eigenvalue weighted by molar-refractivity contribution is 5.99. The van der Waals surface area contributed by atoms with Gasteiger partial charge in [0.15, 0.2) is 0 Å². The van der Waals surface area contributed by atoms with Crippen LogP contribution in [0, 0.1) is 11.7 Å². The molecule has 1 amide bonds. The Hall–Kier alpha value is -4.92. The summed E-state index contributed by atoms with van der Waals surface area (Å²) in [5, 5.41) is 11.5. The number of nitrogens with one attached hydrogen (secondary N) is 3. The quantitative estimate of drug-likeness (QED) is 0.204. The number of fused-ring (bicyclic) bond motifs is 2. The molecule has 41 heavy (non-hydrogen) atoms. The highest BCUT2D eigenvalue weighted by Crippen LogP contribution is 2.34. The number of H-pyrrole nitrogens is 2. The number of rotatable bonds is 6. The fourth-order valence-corrected chi connectivity index (χ4v) is 5.82. The molecule has 9 heteroatoms. The Bertz CT molecular complexity index is 1890. The van der Waals surface area contributed by atoms with Crippen LogP contribution in [-0.2, 0) is 4.79 Å². The zero-order valence-corrected chi connectivity index (χ0v) is 22.3. The molecule has 0 aliphatic heterocycles. The van der Waals surface area contributed by atoms with E-state index in [-0.39, 0.29) is 11.7 Å². The summed E-state index contributed by atoms with van der Waals surface area (Å²) in [4.78, 5) is 29.8. The molecule has 5 heterocycles. The van der Waals surface area contributed by atoms with Crippen molar-refractivity contribution < 1.29 is 9.18 Å². The van der Waals surface area contributed by atoms with Crippen molar-refractivity contribution in [3.63, 3.8) is 0 Å². The van der Waals surface area contributed by atoms with E-state index in [2.05, 4.69) is 30.5 Å². The Labute approximate surface area is 235 Å². The summed E-state index contributed by atoms with van der Waals surface area (Å²) in [6, 6.07) is 16.1. The van der Waals surface area contributed by atoms with E-state index in [4.69, 9.17) is 4.98 Å². The second-order valence-electron chi connectivity index (χ2n) is 10.7. The number of aromatic nitrogens is 6. The Morgan fingerprint density at radius 1 is 1.00 bits per heavy atom. The van der Waals surface area contributed by atoms with Crippen LogP contribution in [0.2, 0.25) is 0 Å². The van der Waals surface area contributed by atoms with Crippen molar-refractivity contribution in [1.29, 1.82) is 0 Å². The molecular weight excluding hydrogens is 517 g/mol. The zero-order valence-electron chi connectivity index (χ0n) is 22.3. The third kappa shape index (κ3) is 5.06. The van der Waals surface area contributed by atoms with E-state index in [9.17, 15) is 9.18 Å². The van der Waals surface area contributed by atoms with Crippen molar-refractivity contribution in [3.05, 3.63) is 79.0 Å². The molecule has 1 aliphatic carbocycles. The van der Waals surface area contributed by atoms with Gasteiger partial charge in [0, 0.05) is 29.8 Å². The first-order valence-electron chi connectivity index (χ1n) is 14.0. The summed E-state index contributed by atoms with van der Waals surface area (Å²) in [5.41, 5.74) is 7.35. The van der Waals surface area contributed by atoms with Crippen molar-refractivity contribution in [2.45, 2.75) is 38.5 Å². The second kappa shape index (κ2) is 10.6. The van der Waals surface area contributed by atoms with Gasteiger partial charge in [-0.2, -0.15) is 5.10 Å². The summed E-state index contributed by atoms with van der Waals surface area (Å²) in [5.74, 6) is 0.204. The number of anilines is 1. The van der Waals surface area contributed by atoms with Crippen LogP contribution in [0.25, 0.3) is 55.8 Å². The number of pyridine rings is 3. The molecule has 6 aromatic rings. The van der Waals surface area contributed by atoms with Gasteiger partial charge in [-0.05, 0) is 72.4 Å². The van der Waals surface area contributed by atoms with Gasteiger partial charge in [0.25, 0.3) is 0 Å². The average molecular weight is 546 g/mol. The lowest BCUT2D eigenvalue weighted by atomic mass is 9.87. The number of halogens is 1. The Balaban J connectivity index is 1.19. The summed E-state index contributed by atoms with van der Waals surface area (Å²) >= 11 is 0. The predicted octanol–water partition coefficient (Wildman–Crippen LogP) is 7.28. The molecule has 0 atom stereocenters. The van der Waals surface area contributed by atoms with E-state index in [1.54, 1.807) is 24.7 Å². The molecule has 0 spiro atoms. The van der Waals surface area contributed by atoms with Crippen LogP contribution in [0.15, 0.2) is 73.2 Å². The molecule has 0 unspecified atom stereocenters. The Morgan fingerprint density at radius 2 is 1.90 bits per heavy atom. The predicted molar refractivity (Wildman–Crippen MR) is 157 cm³/mol. The number of benzene rings is 1. The van der Waals surface area contributed by atoms with Crippen LogP contribution in [0.3, 0.4) is 0 Å². The van der Waals surface area contributed by atoms with E-state index in [1.807, 2.05) is 36.4 Å². The maximum Gasteiger partial charge on any atom is 0.224 e. The molecule has 1 aliphatic rings. The largest absolute Gasteiger partial charge is 0.338 e. The van der Waals surface area contributed by atoms with Crippen molar-refractivity contribution in [1.82, 2.24) is 30.1 Å². The number of hydrogen-bond donors (Lipinski definition) is 3. The summed E-state index contributed by atoms with van der Waals surface area (Å²) < 4.78 is 13.9. The van der Waals surface area contributed by atoms with Gasteiger partial charge >= 0.3 is 0 Å². The Kier molecular flexibility index (Phi) is 6.47. The lowest BCUT2D eigenvalue weighted by Crippen LogP contribution is -2.18. The van der Waals surface area contributed by atoms with Crippen LogP contribution in [0.1, 0.15) is 38.5 Å². The van der Waals surface area contributed by atoms with Gasteiger partial charge in [0.1, 0.15) is 22.7 Å². The standard InChI is InChI=1S/C32H28FN7O/c33-22-8-4-7-20(14-22)24-11-12-35-32-25(24)16-28(38-32)31-30-27(39-40-31)10-9-26(37-30)21-15-23(18-34-17-21)36-29(41)13-19-5-2-1-3-6-19/h4,7-12,14-19H,1-3,5-6,13H2,(H,35,38)(H,36,41)(H,39,40). The molecule has 7 rings (SSSR count). The minimum Gasteiger partial charge on any atom is -0.338 e. The number of amides is 1. The number of hydrogen-bond acceptors (Lipinski definition) is 5. The van der Waals surface area contributed by atoms with Crippen molar-refractivity contribution >= 4 is 33.7 Å². The highest BCUT2D eigenvalue weighted by Gasteiger charge is 2.18. The maximum atomic E-state index is 13.9. The van der Waals surface area contributed by atoms with Gasteiger partial charge in [0.05, 0.1) is 28.8 Å². The van der Waals surface area contributed by atoms with Crippen LogP contribution in [0.4, 0.5) is 10.1 Å². The molecule has 1 saturated carbocycles. The first kappa shape index (κ1) is 25.1. The first-order chi connectivity index (χ1) is 20.1. The van der Waals surface area contributed by atoms with Gasteiger partial charge in [-0.25, -0.2) is 14.4 Å². The zero-order chi connectivity index (χ0) is 27.8. The normalized spacial score (nSPS) is 14.1. The summed E-state index contributed by atoms with van der Waals surface area (Å²) in [6.45, 7) is 0. The van der Waals surface area contributed by atoms with E-state index < -0.39 is 0 Å². The molecule has 0 bridgehead atoms. The van der Waals surface area contributed by atoms with E-state index in [0.717, 1.165) is 46.1 Å². The number of aromatic amines is 2. The van der Waals surface area contributed by atoms with Crippen LogP contribution < -0.4 is 5.32 Å². The van der Waals surface area contributed by atoms with Gasteiger partial charge in [-0.1, -0.05) is 31.4 Å². The first-order valence-corrected chi connectivity index (χ1v) is 14.0. The van der Waals surface area contributed by atoms with E-state index in [1.165, 1.54) is 31.4 Å².